The average molecular weight is 268 g/mol. The number of fused-ring (bicyclic) bond motifs is 3. The Labute approximate surface area is 119 Å². The van der Waals surface area contributed by atoms with E-state index in [1.54, 1.807) is 0 Å². The van der Waals surface area contributed by atoms with Crippen molar-refractivity contribution < 1.29 is 9.53 Å². The summed E-state index contributed by atoms with van der Waals surface area (Å²) >= 11 is 0. The number of hydrogen-bond acceptors (Lipinski definition) is 2. The highest BCUT2D eigenvalue weighted by atomic mass is 16.5. The van der Waals surface area contributed by atoms with Gasteiger partial charge in [0.15, 0.2) is 6.10 Å². The number of carbonyl (C=O) groups excluding carboxylic acids is 1. The van der Waals surface area contributed by atoms with Crippen molar-refractivity contribution >= 4 is 16.6 Å². The van der Waals surface area contributed by atoms with Gasteiger partial charge in [-0.1, -0.05) is 56.5 Å². The van der Waals surface area contributed by atoms with Gasteiger partial charge in [0.05, 0.1) is 5.56 Å². The zero-order valence-corrected chi connectivity index (χ0v) is 11.9. The van der Waals surface area contributed by atoms with Crippen LogP contribution in [0.25, 0.3) is 10.8 Å². The lowest BCUT2D eigenvalue weighted by Gasteiger charge is -2.08. The lowest BCUT2D eigenvalue weighted by molar-refractivity contribution is 0.0843. The van der Waals surface area contributed by atoms with E-state index in [1.807, 2.05) is 36.4 Å². The highest BCUT2D eigenvalue weighted by molar-refractivity contribution is 6.14. The predicted molar refractivity (Wildman–Crippen MR) is 81.5 cm³/mol. The topological polar surface area (TPSA) is 26.3 Å². The molecule has 2 aromatic carbocycles. The summed E-state index contributed by atoms with van der Waals surface area (Å²) in [5.41, 5.74) is 0.781. The molecule has 0 saturated carbocycles. The molecule has 0 saturated heterocycles. The summed E-state index contributed by atoms with van der Waals surface area (Å²) in [6.45, 7) is 2.19. The molecule has 2 aromatic rings. The number of Topliss-reactive ketones (excluding diaryl/α,β-unsaturated/α-hetero) is 1. The van der Waals surface area contributed by atoms with Crippen molar-refractivity contribution in [2.75, 3.05) is 0 Å². The van der Waals surface area contributed by atoms with Crippen LogP contribution in [0.4, 0.5) is 0 Å². The van der Waals surface area contributed by atoms with Gasteiger partial charge in [0.1, 0.15) is 5.75 Å². The van der Waals surface area contributed by atoms with Crippen molar-refractivity contribution in [3.63, 3.8) is 0 Å². The van der Waals surface area contributed by atoms with Crippen LogP contribution in [-0.2, 0) is 0 Å². The molecule has 104 valence electrons. The van der Waals surface area contributed by atoms with Crippen LogP contribution in [-0.4, -0.2) is 11.9 Å². The normalized spacial score (nSPS) is 17.2. The zero-order valence-electron chi connectivity index (χ0n) is 11.9. The second-order valence-corrected chi connectivity index (χ2v) is 5.48. The molecule has 0 N–H and O–H groups in total. The first kappa shape index (κ1) is 13.2. The lowest BCUT2D eigenvalue weighted by atomic mass is 9.98. The number of benzene rings is 2. The smallest absolute Gasteiger partial charge is 0.207 e. The molecule has 0 fully saturated rings. The van der Waals surface area contributed by atoms with Gasteiger partial charge in [0.25, 0.3) is 0 Å². The lowest BCUT2D eigenvalue weighted by Crippen LogP contribution is -2.20. The van der Waals surface area contributed by atoms with E-state index in [2.05, 4.69) is 6.92 Å². The number of hydrogen-bond donors (Lipinski definition) is 0. The standard InChI is InChI=1S/C18H20O2/c1-2-3-4-5-10-16-18(19)17-14-9-7-6-8-13(14)11-12-15(17)20-16/h6-9,11-12,16H,2-5,10H2,1H3. The van der Waals surface area contributed by atoms with Gasteiger partial charge in [0.2, 0.25) is 5.78 Å². The largest absolute Gasteiger partial charge is 0.481 e. The highest BCUT2D eigenvalue weighted by Crippen LogP contribution is 2.36. The fourth-order valence-corrected chi connectivity index (χ4v) is 2.92. The van der Waals surface area contributed by atoms with E-state index < -0.39 is 0 Å². The van der Waals surface area contributed by atoms with Crippen LogP contribution in [0.3, 0.4) is 0 Å². The first-order chi connectivity index (χ1) is 9.81. The van der Waals surface area contributed by atoms with Crippen molar-refractivity contribution in [2.24, 2.45) is 0 Å². The Bertz CT molecular complexity index is 630. The summed E-state index contributed by atoms with van der Waals surface area (Å²) < 4.78 is 5.86. The third-order valence-corrected chi connectivity index (χ3v) is 4.02. The average Bonchev–Trinajstić information content (AvgIpc) is 2.81. The Morgan fingerprint density at radius 1 is 1.05 bits per heavy atom. The Kier molecular flexibility index (Phi) is 3.72. The molecule has 0 bridgehead atoms. The maximum atomic E-state index is 12.5. The van der Waals surface area contributed by atoms with Gasteiger partial charge in [-0.2, -0.15) is 0 Å². The number of ketones is 1. The molecule has 1 heterocycles. The van der Waals surface area contributed by atoms with Gasteiger partial charge in [-0.3, -0.25) is 4.79 Å². The Balaban J connectivity index is 1.82. The van der Waals surface area contributed by atoms with Crippen LogP contribution in [0.2, 0.25) is 0 Å². The second kappa shape index (κ2) is 5.66. The summed E-state index contributed by atoms with van der Waals surface area (Å²) in [5.74, 6) is 0.919. The molecule has 0 aromatic heterocycles. The molecule has 1 aliphatic heterocycles. The van der Waals surface area contributed by atoms with Gasteiger partial charge in [0, 0.05) is 0 Å². The van der Waals surface area contributed by atoms with Gasteiger partial charge in [-0.05, 0) is 29.7 Å². The van der Waals surface area contributed by atoms with E-state index in [0.717, 1.165) is 34.9 Å². The Morgan fingerprint density at radius 3 is 2.75 bits per heavy atom. The molecule has 0 radical (unpaired) electrons. The number of ether oxygens (including phenoxy) is 1. The van der Waals surface area contributed by atoms with Crippen LogP contribution < -0.4 is 4.74 Å². The zero-order chi connectivity index (χ0) is 13.9. The van der Waals surface area contributed by atoms with Crippen molar-refractivity contribution in [3.05, 3.63) is 42.0 Å². The van der Waals surface area contributed by atoms with E-state index in [4.69, 9.17) is 4.74 Å². The predicted octanol–water partition coefficient (Wildman–Crippen LogP) is 4.75. The minimum atomic E-state index is -0.271. The molecular weight excluding hydrogens is 248 g/mol. The minimum Gasteiger partial charge on any atom is -0.481 e. The minimum absolute atomic E-state index is 0.160. The fraction of sp³-hybridized carbons (Fsp3) is 0.389. The summed E-state index contributed by atoms with van der Waals surface area (Å²) in [6.07, 6.45) is 5.26. The molecule has 1 aliphatic rings. The third-order valence-electron chi connectivity index (χ3n) is 4.02. The molecule has 3 rings (SSSR count). The maximum Gasteiger partial charge on any atom is 0.207 e. The van der Waals surface area contributed by atoms with Crippen LogP contribution >= 0.6 is 0 Å². The first-order valence-electron chi connectivity index (χ1n) is 7.54. The summed E-state index contributed by atoms with van der Waals surface area (Å²) in [5, 5.41) is 2.13. The maximum absolute atomic E-state index is 12.5. The number of carbonyl (C=O) groups is 1. The first-order valence-corrected chi connectivity index (χ1v) is 7.54. The number of rotatable bonds is 5. The molecule has 2 heteroatoms. The molecule has 0 spiro atoms. The molecule has 1 atom stereocenters. The highest BCUT2D eigenvalue weighted by Gasteiger charge is 2.33. The van der Waals surface area contributed by atoms with E-state index >= 15 is 0 Å². The van der Waals surface area contributed by atoms with Crippen LogP contribution in [0.5, 0.6) is 5.75 Å². The Hall–Kier alpha value is -1.83. The number of unbranched alkanes of at least 4 members (excludes halogenated alkanes) is 3. The van der Waals surface area contributed by atoms with E-state index in [0.29, 0.717) is 0 Å². The molecule has 20 heavy (non-hydrogen) atoms. The monoisotopic (exact) mass is 268 g/mol. The van der Waals surface area contributed by atoms with Crippen LogP contribution in [0.15, 0.2) is 36.4 Å². The SMILES string of the molecule is CCCCCCC1Oc2ccc3ccccc3c2C1=O. The summed E-state index contributed by atoms with van der Waals surface area (Å²) in [7, 11) is 0. The van der Waals surface area contributed by atoms with E-state index in [-0.39, 0.29) is 11.9 Å². The molecule has 0 amide bonds. The fourth-order valence-electron chi connectivity index (χ4n) is 2.92. The quantitative estimate of drug-likeness (QED) is 0.731. The summed E-state index contributed by atoms with van der Waals surface area (Å²) in [6, 6.07) is 12.0. The second-order valence-electron chi connectivity index (χ2n) is 5.48. The molecule has 0 aliphatic carbocycles. The van der Waals surface area contributed by atoms with Crippen LogP contribution in [0, 0.1) is 0 Å². The molecule has 2 nitrogen and oxygen atoms in total. The van der Waals surface area contributed by atoms with Gasteiger partial charge >= 0.3 is 0 Å². The van der Waals surface area contributed by atoms with E-state index in [1.165, 1.54) is 19.3 Å². The third kappa shape index (κ3) is 2.31. The molecule has 1 unspecified atom stereocenters. The van der Waals surface area contributed by atoms with Crippen LogP contribution in [0.1, 0.15) is 49.4 Å². The van der Waals surface area contributed by atoms with Crippen molar-refractivity contribution in [3.8, 4) is 5.75 Å². The van der Waals surface area contributed by atoms with Crippen molar-refractivity contribution in [2.45, 2.75) is 45.1 Å². The van der Waals surface area contributed by atoms with Gasteiger partial charge in [-0.15, -0.1) is 0 Å². The van der Waals surface area contributed by atoms with Crippen molar-refractivity contribution in [1.29, 1.82) is 0 Å². The molecular formula is C18H20O2. The van der Waals surface area contributed by atoms with Gasteiger partial charge < -0.3 is 4.74 Å². The van der Waals surface area contributed by atoms with Crippen molar-refractivity contribution in [1.82, 2.24) is 0 Å². The Morgan fingerprint density at radius 2 is 1.90 bits per heavy atom. The van der Waals surface area contributed by atoms with E-state index in [9.17, 15) is 4.79 Å². The summed E-state index contributed by atoms with van der Waals surface area (Å²) in [4.78, 5) is 12.5. The van der Waals surface area contributed by atoms with Gasteiger partial charge in [-0.25, -0.2) is 0 Å².